The Labute approximate surface area is 184 Å². The van der Waals surface area contributed by atoms with Crippen molar-refractivity contribution in [1.82, 2.24) is 20.9 Å². The number of ether oxygens (including phenoxy) is 1. The van der Waals surface area contributed by atoms with Gasteiger partial charge in [0.15, 0.2) is 0 Å². The van der Waals surface area contributed by atoms with Gasteiger partial charge in [0, 0.05) is 35.5 Å². The predicted molar refractivity (Wildman–Crippen MR) is 117 cm³/mol. The van der Waals surface area contributed by atoms with Crippen LogP contribution in [-0.2, 0) is 16.0 Å². The molecule has 1 aliphatic rings. The molecule has 0 aliphatic carbocycles. The molecule has 5 N–H and O–H groups in total. The molecule has 0 unspecified atom stereocenters. The summed E-state index contributed by atoms with van der Waals surface area (Å²) < 4.78 is 5.58. The zero-order valence-corrected chi connectivity index (χ0v) is 17.3. The highest BCUT2D eigenvalue weighted by Gasteiger charge is 2.24. The average molecular weight is 436 g/mol. The SMILES string of the molecule is O=C(CNC(=O)N[C@@H](Cc1c[nH]c2ccccc12)C(=O)O)N[C@H]1CCOc2ccccc21. The highest BCUT2D eigenvalue weighted by Crippen LogP contribution is 2.31. The van der Waals surface area contributed by atoms with E-state index in [9.17, 15) is 19.5 Å². The maximum Gasteiger partial charge on any atom is 0.326 e. The van der Waals surface area contributed by atoms with Gasteiger partial charge in [0.05, 0.1) is 19.2 Å². The topological polar surface area (TPSA) is 133 Å². The Balaban J connectivity index is 1.30. The summed E-state index contributed by atoms with van der Waals surface area (Å²) >= 11 is 0. The second-order valence-corrected chi connectivity index (χ2v) is 7.58. The number of aliphatic carboxylic acids is 1. The van der Waals surface area contributed by atoms with Gasteiger partial charge in [0.1, 0.15) is 11.8 Å². The van der Waals surface area contributed by atoms with Gasteiger partial charge in [-0.15, -0.1) is 0 Å². The number of fused-ring (bicyclic) bond motifs is 2. The fraction of sp³-hybridized carbons (Fsp3) is 0.261. The molecular formula is C23H24N4O5. The van der Waals surface area contributed by atoms with E-state index in [1.165, 1.54) is 0 Å². The maximum atomic E-state index is 12.3. The number of aromatic amines is 1. The van der Waals surface area contributed by atoms with E-state index in [2.05, 4.69) is 20.9 Å². The van der Waals surface area contributed by atoms with Crippen molar-refractivity contribution in [3.05, 3.63) is 65.9 Å². The summed E-state index contributed by atoms with van der Waals surface area (Å²) in [5, 5.41) is 18.2. The monoisotopic (exact) mass is 436 g/mol. The first-order valence-electron chi connectivity index (χ1n) is 10.3. The minimum Gasteiger partial charge on any atom is -0.493 e. The molecule has 9 heteroatoms. The molecular weight excluding hydrogens is 412 g/mol. The van der Waals surface area contributed by atoms with Crippen molar-refractivity contribution in [2.45, 2.75) is 24.9 Å². The minimum atomic E-state index is -1.16. The molecule has 0 spiro atoms. The van der Waals surface area contributed by atoms with Crippen molar-refractivity contribution in [1.29, 1.82) is 0 Å². The lowest BCUT2D eigenvalue weighted by molar-refractivity contribution is -0.139. The Morgan fingerprint density at radius 1 is 1.12 bits per heavy atom. The van der Waals surface area contributed by atoms with Crippen LogP contribution in [0, 0.1) is 0 Å². The molecule has 3 amide bonds. The molecule has 1 aromatic heterocycles. The van der Waals surface area contributed by atoms with Crippen LogP contribution in [0.4, 0.5) is 4.79 Å². The van der Waals surface area contributed by atoms with E-state index in [0.29, 0.717) is 13.0 Å². The normalized spacial score (nSPS) is 15.8. The largest absolute Gasteiger partial charge is 0.493 e. The summed E-state index contributed by atoms with van der Waals surface area (Å²) in [5.74, 6) is -0.796. The van der Waals surface area contributed by atoms with Crippen LogP contribution in [0.25, 0.3) is 10.9 Å². The lowest BCUT2D eigenvalue weighted by Gasteiger charge is -2.26. The molecule has 2 atom stereocenters. The van der Waals surface area contributed by atoms with Gasteiger partial charge in [0.25, 0.3) is 0 Å². The van der Waals surface area contributed by atoms with Crippen LogP contribution < -0.4 is 20.7 Å². The number of urea groups is 1. The van der Waals surface area contributed by atoms with Crippen LogP contribution in [0.3, 0.4) is 0 Å². The number of benzene rings is 2. The van der Waals surface area contributed by atoms with E-state index in [4.69, 9.17) is 4.74 Å². The average Bonchev–Trinajstić information content (AvgIpc) is 3.20. The molecule has 4 rings (SSSR count). The summed E-state index contributed by atoms with van der Waals surface area (Å²) in [5.41, 5.74) is 2.56. The van der Waals surface area contributed by atoms with Gasteiger partial charge in [-0.3, -0.25) is 4.79 Å². The molecule has 0 bridgehead atoms. The van der Waals surface area contributed by atoms with Crippen molar-refractivity contribution in [2.24, 2.45) is 0 Å². The fourth-order valence-electron chi connectivity index (χ4n) is 3.83. The Bertz CT molecular complexity index is 1140. The number of rotatable bonds is 7. The number of aromatic nitrogens is 1. The number of para-hydroxylation sites is 2. The Morgan fingerprint density at radius 2 is 1.91 bits per heavy atom. The van der Waals surface area contributed by atoms with E-state index in [-0.39, 0.29) is 24.9 Å². The van der Waals surface area contributed by atoms with Crippen molar-refractivity contribution < 1.29 is 24.2 Å². The van der Waals surface area contributed by atoms with E-state index in [1.807, 2.05) is 48.5 Å². The van der Waals surface area contributed by atoms with Crippen LogP contribution in [0.5, 0.6) is 5.75 Å². The molecule has 1 aliphatic heterocycles. The third kappa shape index (κ3) is 4.83. The molecule has 0 radical (unpaired) electrons. The van der Waals surface area contributed by atoms with Gasteiger partial charge in [-0.2, -0.15) is 0 Å². The van der Waals surface area contributed by atoms with Gasteiger partial charge in [0.2, 0.25) is 5.91 Å². The molecule has 0 fully saturated rings. The zero-order valence-electron chi connectivity index (χ0n) is 17.3. The molecule has 3 aromatic rings. The number of carbonyl (C=O) groups is 3. The second kappa shape index (κ2) is 9.42. The highest BCUT2D eigenvalue weighted by atomic mass is 16.5. The first-order valence-corrected chi connectivity index (χ1v) is 10.3. The quantitative estimate of drug-likeness (QED) is 0.387. The van der Waals surface area contributed by atoms with Crippen LogP contribution in [0.2, 0.25) is 0 Å². The summed E-state index contributed by atoms with van der Waals surface area (Å²) in [7, 11) is 0. The Kier molecular flexibility index (Phi) is 6.25. The van der Waals surface area contributed by atoms with Gasteiger partial charge < -0.3 is 30.8 Å². The van der Waals surface area contributed by atoms with Crippen LogP contribution >= 0.6 is 0 Å². The minimum absolute atomic E-state index is 0.109. The summed E-state index contributed by atoms with van der Waals surface area (Å²) in [6.07, 6.45) is 2.47. The van der Waals surface area contributed by atoms with Crippen molar-refractivity contribution >= 4 is 28.8 Å². The smallest absolute Gasteiger partial charge is 0.326 e. The lowest BCUT2D eigenvalue weighted by Crippen LogP contribution is -2.49. The lowest BCUT2D eigenvalue weighted by atomic mass is 10.0. The highest BCUT2D eigenvalue weighted by molar-refractivity contribution is 5.88. The molecule has 9 nitrogen and oxygen atoms in total. The van der Waals surface area contributed by atoms with Crippen LogP contribution in [0.1, 0.15) is 23.6 Å². The molecule has 0 saturated heterocycles. The number of H-pyrrole nitrogens is 1. The standard InChI is InChI=1S/C23H24N4O5/c28-21(26-18-9-10-32-20-8-4-2-6-16(18)20)13-25-23(31)27-19(22(29)30)11-14-12-24-17-7-3-1-5-15(14)17/h1-8,12,18-19,24H,9-11,13H2,(H,26,28)(H,29,30)(H2,25,27,31)/t18-,19-/m0/s1. The molecule has 0 saturated carbocycles. The maximum absolute atomic E-state index is 12.3. The van der Waals surface area contributed by atoms with Crippen LogP contribution in [0.15, 0.2) is 54.7 Å². The van der Waals surface area contributed by atoms with Gasteiger partial charge in [-0.1, -0.05) is 36.4 Å². The number of hydrogen-bond acceptors (Lipinski definition) is 4. The summed E-state index contributed by atoms with van der Waals surface area (Å²) in [4.78, 5) is 39.3. The number of carbonyl (C=O) groups excluding carboxylic acids is 2. The molecule has 2 aromatic carbocycles. The summed E-state index contributed by atoms with van der Waals surface area (Å²) in [6.45, 7) is 0.217. The third-order valence-corrected chi connectivity index (χ3v) is 5.41. The molecule has 32 heavy (non-hydrogen) atoms. The van der Waals surface area contributed by atoms with Crippen LogP contribution in [-0.4, -0.2) is 47.2 Å². The van der Waals surface area contributed by atoms with E-state index < -0.39 is 18.0 Å². The number of amides is 3. The second-order valence-electron chi connectivity index (χ2n) is 7.58. The van der Waals surface area contributed by atoms with Gasteiger partial charge in [-0.05, 0) is 17.7 Å². The number of hydrogen-bond donors (Lipinski definition) is 5. The van der Waals surface area contributed by atoms with Gasteiger partial charge in [-0.25, -0.2) is 9.59 Å². The third-order valence-electron chi connectivity index (χ3n) is 5.41. The van der Waals surface area contributed by atoms with Gasteiger partial charge >= 0.3 is 12.0 Å². The van der Waals surface area contributed by atoms with Crippen molar-refractivity contribution in [2.75, 3.05) is 13.2 Å². The number of carboxylic acid groups (broad SMARTS) is 1. The Hall–Kier alpha value is -4.01. The summed E-state index contributed by atoms with van der Waals surface area (Å²) in [6, 6.07) is 12.9. The van der Waals surface area contributed by atoms with E-state index in [0.717, 1.165) is 27.8 Å². The van der Waals surface area contributed by atoms with E-state index in [1.54, 1.807) is 6.20 Å². The molecule has 166 valence electrons. The first kappa shape index (κ1) is 21.2. The van der Waals surface area contributed by atoms with Crippen molar-refractivity contribution in [3.63, 3.8) is 0 Å². The van der Waals surface area contributed by atoms with E-state index >= 15 is 0 Å². The predicted octanol–water partition coefficient (Wildman–Crippen LogP) is 2.10. The zero-order chi connectivity index (χ0) is 22.5. The molecule has 2 heterocycles. The van der Waals surface area contributed by atoms with Crippen molar-refractivity contribution in [3.8, 4) is 5.75 Å². The number of carboxylic acids is 1. The fourth-order valence-corrected chi connectivity index (χ4v) is 3.83. The first-order chi connectivity index (χ1) is 15.5. The Morgan fingerprint density at radius 3 is 2.75 bits per heavy atom. The number of nitrogens with one attached hydrogen (secondary N) is 4.